The summed E-state index contributed by atoms with van der Waals surface area (Å²) in [5.74, 6) is 0. The van der Waals surface area contributed by atoms with Crippen molar-refractivity contribution in [3.8, 4) is 0 Å². The fourth-order valence-corrected chi connectivity index (χ4v) is 2.74. The number of aryl methyl sites for hydroxylation is 1. The standard InChI is InChI=1S/C9H12N4O2S2/c1-2-13-6-9(5-10-13)17(14,15)12-4-8-3-11-16-7-8/h3,5-7,12H,2,4H2,1H3. The summed E-state index contributed by atoms with van der Waals surface area (Å²) in [6, 6.07) is 0. The third kappa shape index (κ3) is 2.90. The van der Waals surface area contributed by atoms with Gasteiger partial charge < -0.3 is 0 Å². The summed E-state index contributed by atoms with van der Waals surface area (Å²) >= 11 is 1.29. The molecule has 92 valence electrons. The van der Waals surface area contributed by atoms with E-state index in [1.54, 1.807) is 16.3 Å². The molecule has 17 heavy (non-hydrogen) atoms. The van der Waals surface area contributed by atoms with Crippen LogP contribution < -0.4 is 4.72 Å². The lowest BCUT2D eigenvalue weighted by molar-refractivity contribution is 0.581. The summed E-state index contributed by atoms with van der Waals surface area (Å²) in [6.45, 7) is 2.79. The first kappa shape index (κ1) is 12.2. The van der Waals surface area contributed by atoms with E-state index in [9.17, 15) is 8.42 Å². The van der Waals surface area contributed by atoms with E-state index < -0.39 is 10.0 Å². The minimum Gasteiger partial charge on any atom is -0.272 e. The van der Waals surface area contributed by atoms with Crippen molar-refractivity contribution in [3.63, 3.8) is 0 Å². The molecule has 2 rings (SSSR count). The molecule has 2 aromatic heterocycles. The van der Waals surface area contributed by atoms with E-state index in [1.165, 1.54) is 23.9 Å². The zero-order valence-electron chi connectivity index (χ0n) is 9.20. The Hall–Kier alpha value is -1.25. The topological polar surface area (TPSA) is 76.9 Å². The number of hydrogen-bond acceptors (Lipinski definition) is 5. The number of nitrogens with zero attached hydrogens (tertiary/aromatic N) is 3. The van der Waals surface area contributed by atoms with Gasteiger partial charge in [-0.1, -0.05) is 0 Å². The molecule has 0 saturated heterocycles. The molecule has 2 heterocycles. The summed E-state index contributed by atoms with van der Waals surface area (Å²) in [7, 11) is -3.48. The SMILES string of the molecule is CCn1cc(S(=O)(=O)NCc2cnsc2)cn1. The molecule has 0 fully saturated rings. The first-order valence-corrected chi connectivity index (χ1v) is 7.34. The van der Waals surface area contributed by atoms with Crippen LogP contribution in [0, 0.1) is 0 Å². The van der Waals surface area contributed by atoms with Gasteiger partial charge in [0.1, 0.15) is 4.90 Å². The zero-order valence-corrected chi connectivity index (χ0v) is 10.8. The van der Waals surface area contributed by atoms with E-state index in [4.69, 9.17) is 0 Å². The molecule has 0 spiro atoms. The van der Waals surface area contributed by atoms with Gasteiger partial charge in [-0.05, 0) is 24.0 Å². The second-order valence-electron chi connectivity index (χ2n) is 3.39. The molecule has 0 amide bonds. The van der Waals surface area contributed by atoms with Crippen molar-refractivity contribution in [2.45, 2.75) is 24.9 Å². The smallest absolute Gasteiger partial charge is 0.243 e. The van der Waals surface area contributed by atoms with Crippen molar-refractivity contribution in [2.75, 3.05) is 0 Å². The number of sulfonamides is 1. The van der Waals surface area contributed by atoms with E-state index >= 15 is 0 Å². The molecule has 6 nitrogen and oxygen atoms in total. The van der Waals surface area contributed by atoms with Crippen LogP contribution in [-0.2, 0) is 23.1 Å². The van der Waals surface area contributed by atoms with Gasteiger partial charge in [-0.25, -0.2) is 17.5 Å². The monoisotopic (exact) mass is 272 g/mol. The van der Waals surface area contributed by atoms with Gasteiger partial charge in [0, 0.05) is 30.9 Å². The van der Waals surface area contributed by atoms with Gasteiger partial charge in [-0.15, -0.1) is 0 Å². The van der Waals surface area contributed by atoms with E-state index in [0.29, 0.717) is 6.54 Å². The lowest BCUT2D eigenvalue weighted by atomic mass is 10.4. The second-order valence-corrected chi connectivity index (χ2v) is 5.81. The van der Waals surface area contributed by atoms with Crippen LogP contribution in [0.1, 0.15) is 12.5 Å². The minimum atomic E-state index is -3.48. The maximum atomic E-state index is 11.9. The van der Waals surface area contributed by atoms with E-state index in [-0.39, 0.29) is 11.4 Å². The van der Waals surface area contributed by atoms with Crippen molar-refractivity contribution >= 4 is 21.6 Å². The molecule has 0 aromatic carbocycles. The average molecular weight is 272 g/mol. The van der Waals surface area contributed by atoms with Crippen molar-refractivity contribution in [3.05, 3.63) is 29.5 Å². The van der Waals surface area contributed by atoms with Crippen LogP contribution in [-0.4, -0.2) is 22.6 Å². The molecule has 0 aliphatic rings. The van der Waals surface area contributed by atoms with Crippen molar-refractivity contribution < 1.29 is 8.42 Å². The van der Waals surface area contributed by atoms with Gasteiger partial charge in [0.05, 0.1) is 6.20 Å². The van der Waals surface area contributed by atoms with Gasteiger partial charge in [0.15, 0.2) is 0 Å². The Morgan fingerprint density at radius 1 is 1.47 bits per heavy atom. The molecule has 0 unspecified atom stereocenters. The van der Waals surface area contributed by atoms with E-state index in [1.807, 2.05) is 6.92 Å². The summed E-state index contributed by atoms with van der Waals surface area (Å²) in [5, 5.41) is 5.74. The number of rotatable bonds is 5. The fourth-order valence-electron chi connectivity index (χ4n) is 1.23. The molecule has 1 N–H and O–H groups in total. The molecular weight excluding hydrogens is 260 g/mol. The van der Waals surface area contributed by atoms with Crippen molar-refractivity contribution in [1.82, 2.24) is 18.9 Å². The number of nitrogens with one attached hydrogen (secondary N) is 1. The summed E-state index contributed by atoms with van der Waals surface area (Å²) in [6.07, 6.45) is 4.49. The first-order chi connectivity index (χ1) is 8.12. The molecular formula is C9H12N4O2S2. The Morgan fingerprint density at radius 3 is 2.88 bits per heavy atom. The molecule has 8 heteroatoms. The van der Waals surface area contributed by atoms with Gasteiger partial charge in [0.25, 0.3) is 0 Å². The van der Waals surface area contributed by atoms with Gasteiger partial charge in [-0.3, -0.25) is 4.68 Å². The first-order valence-electron chi connectivity index (χ1n) is 5.02. The Kier molecular flexibility index (Phi) is 3.55. The Balaban J connectivity index is 2.08. The van der Waals surface area contributed by atoms with E-state index in [0.717, 1.165) is 5.56 Å². The lowest BCUT2D eigenvalue weighted by Crippen LogP contribution is -2.22. The molecule has 0 aliphatic carbocycles. The minimum absolute atomic E-state index is 0.183. The van der Waals surface area contributed by atoms with Crippen LogP contribution in [0.4, 0.5) is 0 Å². The van der Waals surface area contributed by atoms with E-state index in [2.05, 4.69) is 14.2 Å². The number of aromatic nitrogens is 3. The largest absolute Gasteiger partial charge is 0.272 e. The normalized spacial score (nSPS) is 11.8. The fraction of sp³-hybridized carbons (Fsp3) is 0.333. The maximum Gasteiger partial charge on any atom is 0.243 e. The predicted octanol–water partition coefficient (Wildman–Crippen LogP) is 0.838. The van der Waals surface area contributed by atoms with Gasteiger partial charge in [0.2, 0.25) is 10.0 Å². The van der Waals surface area contributed by atoms with Gasteiger partial charge >= 0.3 is 0 Å². The van der Waals surface area contributed by atoms with Crippen LogP contribution in [0.25, 0.3) is 0 Å². The highest BCUT2D eigenvalue weighted by molar-refractivity contribution is 7.89. The van der Waals surface area contributed by atoms with Crippen molar-refractivity contribution in [1.29, 1.82) is 0 Å². The van der Waals surface area contributed by atoms with Crippen LogP contribution >= 0.6 is 11.5 Å². The predicted molar refractivity (Wildman–Crippen MR) is 64.0 cm³/mol. The quantitative estimate of drug-likeness (QED) is 0.875. The maximum absolute atomic E-state index is 11.9. The molecule has 0 radical (unpaired) electrons. The summed E-state index contributed by atoms with van der Waals surface area (Å²) < 4.78 is 31.7. The summed E-state index contributed by atoms with van der Waals surface area (Å²) in [5.41, 5.74) is 0.849. The van der Waals surface area contributed by atoms with Crippen LogP contribution in [0.15, 0.2) is 28.9 Å². The highest BCUT2D eigenvalue weighted by atomic mass is 32.2. The highest BCUT2D eigenvalue weighted by Gasteiger charge is 2.15. The molecule has 0 bridgehead atoms. The number of hydrogen-bond donors (Lipinski definition) is 1. The molecule has 0 atom stereocenters. The zero-order chi connectivity index (χ0) is 12.3. The average Bonchev–Trinajstić information content (AvgIpc) is 2.98. The highest BCUT2D eigenvalue weighted by Crippen LogP contribution is 2.08. The lowest BCUT2D eigenvalue weighted by Gasteiger charge is -2.02. The Labute approximate surface area is 104 Å². The molecule has 0 aliphatic heterocycles. The van der Waals surface area contributed by atoms with Crippen molar-refractivity contribution in [2.24, 2.45) is 0 Å². The Bertz CT molecular complexity index is 574. The van der Waals surface area contributed by atoms with Gasteiger partial charge in [-0.2, -0.15) is 5.10 Å². The third-order valence-electron chi connectivity index (χ3n) is 2.19. The molecule has 2 aromatic rings. The van der Waals surface area contributed by atoms with Crippen LogP contribution in [0.3, 0.4) is 0 Å². The van der Waals surface area contributed by atoms with Crippen LogP contribution in [0.5, 0.6) is 0 Å². The summed E-state index contributed by atoms with van der Waals surface area (Å²) in [4.78, 5) is 0.183. The third-order valence-corrected chi connectivity index (χ3v) is 4.18. The second kappa shape index (κ2) is 4.94. The van der Waals surface area contributed by atoms with Crippen LogP contribution in [0.2, 0.25) is 0 Å². The Morgan fingerprint density at radius 2 is 2.29 bits per heavy atom. The molecule has 0 saturated carbocycles.